The predicted octanol–water partition coefficient (Wildman–Crippen LogP) is 3.08. The van der Waals surface area contributed by atoms with Gasteiger partial charge in [0.15, 0.2) is 5.96 Å². The van der Waals surface area contributed by atoms with Crippen molar-refractivity contribution in [3.63, 3.8) is 0 Å². The minimum absolute atomic E-state index is 0.662. The maximum Gasteiger partial charge on any atom is 0.191 e. The summed E-state index contributed by atoms with van der Waals surface area (Å²) in [5.74, 6) is 0.827. The second-order valence-corrected chi connectivity index (χ2v) is 7.59. The standard InChI is InChI=1S/C19H29N5S/c1-6-20-19(22-12-18-23-14(2)15(3)25-18)21-11-16-9-7-8-10-17(16)13-24(4)5/h7-10H,6,11-13H2,1-5H3,(H2,20,21,22). The first-order valence-corrected chi connectivity index (χ1v) is 9.47. The number of hydrogen-bond donors (Lipinski definition) is 2. The number of hydrogen-bond acceptors (Lipinski definition) is 4. The van der Waals surface area contributed by atoms with Gasteiger partial charge in [-0.15, -0.1) is 11.3 Å². The molecule has 1 aromatic heterocycles. The zero-order valence-corrected chi connectivity index (χ0v) is 16.7. The van der Waals surface area contributed by atoms with Crippen molar-refractivity contribution in [2.75, 3.05) is 20.6 Å². The minimum Gasteiger partial charge on any atom is -0.357 e. The molecule has 6 heteroatoms. The summed E-state index contributed by atoms with van der Waals surface area (Å²) < 4.78 is 0. The van der Waals surface area contributed by atoms with Gasteiger partial charge < -0.3 is 15.5 Å². The summed E-state index contributed by atoms with van der Waals surface area (Å²) in [6.45, 7) is 9.36. The van der Waals surface area contributed by atoms with Gasteiger partial charge in [-0.3, -0.25) is 0 Å². The third kappa shape index (κ3) is 6.14. The van der Waals surface area contributed by atoms with Gasteiger partial charge in [0, 0.05) is 18.0 Å². The van der Waals surface area contributed by atoms with Crippen molar-refractivity contribution >= 4 is 17.3 Å². The molecule has 0 atom stereocenters. The number of aromatic nitrogens is 1. The van der Waals surface area contributed by atoms with Gasteiger partial charge in [0.1, 0.15) is 5.01 Å². The summed E-state index contributed by atoms with van der Waals surface area (Å²) in [5.41, 5.74) is 3.69. The average molecular weight is 360 g/mol. The fourth-order valence-electron chi connectivity index (χ4n) is 2.49. The zero-order valence-electron chi connectivity index (χ0n) is 15.9. The zero-order chi connectivity index (χ0) is 18.2. The summed E-state index contributed by atoms with van der Waals surface area (Å²) in [4.78, 5) is 12.8. The number of nitrogens with zero attached hydrogens (tertiary/aromatic N) is 3. The smallest absolute Gasteiger partial charge is 0.191 e. The summed E-state index contributed by atoms with van der Waals surface area (Å²) >= 11 is 1.74. The normalized spacial score (nSPS) is 11.8. The Morgan fingerprint density at radius 1 is 1.16 bits per heavy atom. The van der Waals surface area contributed by atoms with E-state index >= 15 is 0 Å². The third-order valence-corrected chi connectivity index (χ3v) is 4.91. The Bertz CT molecular complexity index is 686. The van der Waals surface area contributed by atoms with Gasteiger partial charge in [-0.2, -0.15) is 0 Å². The predicted molar refractivity (Wildman–Crippen MR) is 107 cm³/mol. The van der Waals surface area contributed by atoms with Gasteiger partial charge in [-0.05, 0) is 46.0 Å². The molecule has 0 unspecified atom stereocenters. The molecule has 0 spiro atoms. The first-order chi connectivity index (χ1) is 12.0. The highest BCUT2D eigenvalue weighted by Crippen LogP contribution is 2.16. The van der Waals surface area contributed by atoms with E-state index < -0.39 is 0 Å². The van der Waals surface area contributed by atoms with Crippen molar-refractivity contribution in [2.45, 2.75) is 40.4 Å². The van der Waals surface area contributed by atoms with Crippen LogP contribution in [0.5, 0.6) is 0 Å². The molecule has 0 saturated carbocycles. The van der Waals surface area contributed by atoms with Crippen molar-refractivity contribution in [1.29, 1.82) is 0 Å². The van der Waals surface area contributed by atoms with E-state index in [4.69, 9.17) is 4.99 Å². The van der Waals surface area contributed by atoms with E-state index in [1.165, 1.54) is 16.0 Å². The Kier molecular flexibility index (Phi) is 7.40. The molecule has 0 bridgehead atoms. The summed E-state index contributed by atoms with van der Waals surface area (Å²) in [6.07, 6.45) is 0. The van der Waals surface area contributed by atoms with Crippen LogP contribution in [0.1, 0.15) is 33.6 Å². The van der Waals surface area contributed by atoms with Crippen LogP contribution in [0.25, 0.3) is 0 Å². The van der Waals surface area contributed by atoms with Crippen LogP contribution >= 0.6 is 11.3 Å². The number of nitrogens with one attached hydrogen (secondary N) is 2. The van der Waals surface area contributed by atoms with Gasteiger partial charge in [0.2, 0.25) is 0 Å². The van der Waals surface area contributed by atoms with Crippen LogP contribution in [0.3, 0.4) is 0 Å². The van der Waals surface area contributed by atoms with E-state index in [-0.39, 0.29) is 0 Å². The van der Waals surface area contributed by atoms with Gasteiger partial charge in [0.25, 0.3) is 0 Å². The number of rotatable bonds is 7. The number of thiazole rings is 1. The van der Waals surface area contributed by atoms with E-state index in [9.17, 15) is 0 Å². The van der Waals surface area contributed by atoms with Crippen LogP contribution in [0, 0.1) is 13.8 Å². The van der Waals surface area contributed by atoms with Crippen molar-refractivity contribution in [3.8, 4) is 0 Å². The molecular formula is C19H29N5S. The second-order valence-electron chi connectivity index (χ2n) is 6.30. The maximum absolute atomic E-state index is 4.75. The van der Waals surface area contributed by atoms with Gasteiger partial charge >= 0.3 is 0 Å². The van der Waals surface area contributed by atoms with E-state index in [0.717, 1.165) is 29.8 Å². The Balaban J connectivity index is 2.04. The van der Waals surface area contributed by atoms with E-state index in [0.29, 0.717) is 13.1 Å². The molecule has 5 nitrogen and oxygen atoms in total. The maximum atomic E-state index is 4.75. The van der Waals surface area contributed by atoms with Crippen molar-refractivity contribution in [1.82, 2.24) is 20.5 Å². The number of aliphatic imine (C=N–C) groups is 1. The highest BCUT2D eigenvalue weighted by atomic mass is 32.1. The molecule has 25 heavy (non-hydrogen) atoms. The SMILES string of the molecule is CCNC(=NCc1ccccc1CN(C)C)NCc1nc(C)c(C)s1. The number of benzene rings is 1. The van der Waals surface area contributed by atoms with Crippen molar-refractivity contribution in [2.24, 2.45) is 4.99 Å². The lowest BCUT2D eigenvalue weighted by Crippen LogP contribution is -2.36. The van der Waals surface area contributed by atoms with Crippen LogP contribution in [0.15, 0.2) is 29.3 Å². The molecule has 2 rings (SSSR count). The second kappa shape index (κ2) is 9.53. The molecule has 0 radical (unpaired) electrons. The Hall–Kier alpha value is -1.92. The molecule has 0 aliphatic rings. The van der Waals surface area contributed by atoms with Crippen LogP contribution < -0.4 is 10.6 Å². The van der Waals surface area contributed by atoms with Gasteiger partial charge in [-0.1, -0.05) is 24.3 Å². The monoisotopic (exact) mass is 359 g/mol. The van der Waals surface area contributed by atoms with Crippen LogP contribution in [0.2, 0.25) is 0 Å². The third-order valence-electron chi connectivity index (χ3n) is 3.84. The molecular weight excluding hydrogens is 330 g/mol. The van der Waals surface area contributed by atoms with Crippen LogP contribution in [-0.2, 0) is 19.6 Å². The molecule has 0 aliphatic heterocycles. The van der Waals surface area contributed by atoms with Gasteiger partial charge in [0.05, 0.1) is 18.8 Å². The summed E-state index contributed by atoms with van der Waals surface area (Å²) in [5, 5.41) is 7.79. The number of guanidine groups is 1. The summed E-state index contributed by atoms with van der Waals surface area (Å²) in [6, 6.07) is 8.49. The number of aryl methyl sites for hydroxylation is 2. The summed E-state index contributed by atoms with van der Waals surface area (Å²) in [7, 11) is 4.17. The first-order valence-electron chi connectivity index (χ1n) is 8.66. The molecule has 0 amide bonds. The minimum atomic E-state index is 0.662. The largest absolute Gasteiger partial charge is 0.357 e. The molecule has 0 aliphatic carbocycles. The quantitative estimate of drug-likeness (QED) is 0.589. The Morgan fingerprint density at radius 2 is 1.88 bits per heavy atom. The molecule has 1 aromatic carbocycles. The van der Waals surface area contributed by atoms with Crippen molar-refractivity contribution in [3.05, 3.63) is 51.0 Å². The molecule has 2 aromatic rings. The van der Waals surface area contributed by atoms with Crippen LogP contribution in [0.4, 0.5) is 0 Å². The molecule has 0 saturated heterocycles. The van der Waals surface area contributed by atoms with E-state index in [2.05, 4.69) is 79.6 Å². The average Bonchev–Trinajstić information content (AvgIpc) is 2.89. The lowest BCUT2D eigenvalue weighted by Gasteiger charge is -2.14. The van der Waals surface area contributed by atoms with Crippen LogP contribution in [-0.4, -0.2) is 36.5 Å². The fraction of sp³-hybridized carbons (Fsp3) is 0.474. The van der Waals surface area contributed by atoms with Gasteiger partial charge in [-0.25, -0.2) is 9.98 Å². The lowest BCUT2D eigenvalue weighted by molar-refractivity contribution is 0.401. The highest BCUT2D eigenvalue weighted by Gasteiger charge is 2.06. The Morgan fingerprint density at radius 3 is 2.48 bits per heavy atom. The molecule has 0 fully saturated rings. The topological polar surface area (TPSA) is 52.6 Å². The molecule has 1 heterocycles. The lowest BCUT2D eigenvalue weighted by atomic mass is 10.1. The molecule has 136 valence electrons. The first kappa shape index (κ1) is 19.4. The van der Waals surface area contributed by atoms with E-state index in [1.807, 2.05) is 0 Å². The van der Waals surface area contributed by atoms with Crippen molar-refractivity contribution < 1.29 is 0 Å². The Labute approximate surface area is 155 Å². The molecule has 2 N–H and O–H groups in total. The fourth-order valence-corrected chi connectivity index (χ4v) is 3.36. The highest BCUT2D eigenvalue weighted by molar-refractivity contribution is 7.11. The van der Waals surface area contributed by atoms with E-state index in [1.54, 1.807) is 11.3 Å².